The highest BCUT2D eigenvalue weighted by atomic mass is 19.1. The van der Waals surface area contributed by atoms with E-state index < -0.39 is 0 Å². The summed E-state index contributed by atoms with van der Waals surface area (Å²) >= 11 is 0. The summed E-state index contributed by atoms with van der Waals surface area (Å²) in [7, 11) is 2.01. The minimum absolute atomic E-state index is 0.161. The summed E-state index contributed by atoms with van der Waals surface area (Å²) < 4.78 is 12.7. The van der Waals surface area contributed by atoms with E-state index >= 15 is 0 Å². The lowest BCUT2D eigenvalue weighted by Crippen LogP contribution is -2.29. The van der Waals surface area contributed by atoms with E-state index in [2.05, 4.69) is 18.7 Å². The standard InChI is InChI=1S/C13H21FN2/c1-13(2,10-15)8-9-16(3)12-6-4-11(14)5-7-12/h4-7H,8-10,15H2,1-3H3. The van der Waals surface area contributed by atoms with E-state index in [4.69, 9.17) is 5.73 Å². The lowest BCUT2D eigenvalue weighted by atomic mass is 9.89. The molecule has 0 amide bonds. The van der Waals surface area contributed by atoms with Gasteiger partial charge >= 0.3 is 0 Å². The van der Waals surface area contributed by atoms with Crippen LogP contribution < -0.4 is 10.6 Å². The lowest BCUT2D eigenvalue weighted by Gasteiger charge is -2.27. The molecular formula is C13H21FN2. The molecule has 0 heterocycles. The Morgan fingerprint density at radius 3 is 2.31 bits per heavy atom. The molecule has 16 heavy (non-hydrogen) atoms. The van der Waals surface area contributed by atoms with E-state index in [1.165, 1.54) is 12.1 Å². The second-order valence-electron chi connectivity index (χ2n) is 5.02. The van der Waals surface area contributed by atoms with Crippen molar-refractivity contribution in [3.8, 4) is 0 Å². The Labute approximate surface area is 97.3 Å². The number of hydrogen-bond acceptors (Lipinski definition) is 2. The van der Waals surface area contributed by atoms with Crippen molar-refractivity contribution in [3.63, 3.8) is 0 Å². The molecule has 0 aliphatic rings. The second kappa shape index (κ2) is 5.30. The third kappa shape index (κ3) is 3.81. The maximum absolute atomic E-state index is 12.7. The van der Waals surface area contributed by atoms with Crippen LogP contribution in [0.25, 0.3) is 0 Å². The van der Waals surface area contributed by atoms with Crippen molar-refractivity contribution in [2.75, 3.05) is 25.0 Å². The number of nitrogens with zero attached hydrogens (tertiary/aromatic N) is 1. The van der Waals surface area contributed by atoms with Crippen molar-refractivity contribution >= 4 is 5.69 Å². The molecule has 0 saturated heterocycles. The third-order valence-electron chi connectivity index (χ3n) is 2.94. The van der Waals surface area contributed by atoms with Gasteiger partial charge in [0.2, 0.25) is 0 Å². The van der Waals surface area contributed by atoms with Gasteiger partial charge in [-0.05, 0) is 42.6 Å². The van der Waals surface area contributed by atoms with Gasteiger partial charge in [-0.15, -0.1) is 0 Å². The first-order chi connectivity index (χ1) is 7.44. The van der Waals surface area contributed by atoms with Gasteiger partial charge in [-0.3, -0.25) is 0 Å². The third-order valence-corrected chi connectivity index (χ3v) is 2.94. The Hall–Kier alpha value is -1.09. The first-order valence-corrected chi connectivity index (χ1v) is 5.61. The molecule has 0 unspecified atom stereocenters. The first-order valence-electron chi connectivity index (χ1n) is 5.61. The van der Waals surface area contributed by atoms with Gasteiger partial charge in [0.25, 0.3) is 0 Å². The van der Waals surface area contributed by atoms with Crippen LogP contribution in [-0.4, -0.2) is 20.1 Å². The lowest BCUT2D eigenvalue weighted by molar-refractivity contribution is 0.351. The van der Waals surface area contributed by atoms with Crippen molar-refractivity contribution in [2.24, 2.45) is 11.1 Å². The Kier molecular flexibility index (Phi) is 4.30. The highest BCUT2D eigenvalue weighted by Gasteiger charge is 2.16. The van der Waals surface area contributed by atoms with Gasteiger partial charge in [-0.1, -0.05) is 13.8 Å². The summed E-state index contributed by atoms with van der Waals surface area (Å²) in [4.78, 5) is 2.12. The molecule has 3 heteroatoms. The van der Waals surface area contributed by atoms with Gasteiger partial charge in [-0.2, -0.15) is 0 Å². The average molecular weight is 224 g/mol. The smallest absolute Gasteiger partial charge is 0.123 e. The fraction of sp³-hybridized carbons (Fsp3) is 0.538. The van der Waals surface area contributed by atoms with Crippen LogP contribution in [0.1, 0.15) is 20.3 Å². The van der Waals surface area contributed by atoms with Crippen molar-refractivity contribution < 1.29 is 4.39 Å². The van der Waals surface area contributed by atoms with Gasteiger partial charge < -0.3 is 10.6 Å². The zero-order valence-electron chi connectivity index (χ0n) is 10.3. The minimum Gasteiger partial charge on any atom is -0.375 e. The molecule has 2 nitrogen and oxygen atoms in total. The van der Waals surface area contributed by atoms with Crippen LogP contribution in [0, 0.1) is 11.2 Å². The van der Waals surface area contributed by atoms with E-state index in [-0.39, 0.29) is 11.2 Å². The maximum atomic E-state index is 12.7. The molecule has 0 aromatic heterocycles. The van der Waals surface area contributed by atoms with E-state index in [0.717, 1.165) is 18.7 Å². The zero-order chi connectivity index (χ0) is 12.2. The predicted molar refractivity (Wildman–Crippen MR) is 67.1 cm³/mol. The summed E-state index contributed by atoms with van der Waals surface area (Å²) in [6.45, 7) is 5.93. The summed E-state index contributed by atoms with van der Waals surface area (Å²) in [5.74, 6) is -0.195. The molecule has 1 rings (SSSR count). The predicted octanol–water partition coefficient (Wildman–Crippen LogP) is 2.64. The van der Waals surface area contributed by atoms with E-state index in [0.29, 0.717) is 6.54 Å². The van der Waals surface area contributed by atoms with Crippen molar-refractivity contribution in [2.45, 2.75) is 20.3 Å². The molecule has 0 bridgehead atoms. The maximum Gasteiger partial charge on any atom is 0.123 e. The number of hydrogen-bond donors (Lipinski definition) is 1. The fourth-order valence-electron chi connectivity index (χ4n) is 1.40. The van der Waals surface area contributed by atoms with Gasteiger partial charge in [0.1, 0.15) is 5.82 Å². The van der Waals surface area contributed by atoms with Crippen LogP contribution >= 0.6 is 0 Å². The Morgan fingerprint density at radius 2 is 1.81 bits per heavy atom. The van der Waals surface area contributed by atoms with Crippen molar-refractivity contribution in [3.05, 3.63) is 30.1 Å². The molecule has 90 valence electrons. The minimum atomic E-state index is -0.195. The number of anilines is 1. The molecule has 0 atom stereocenters. The summed E-state index contributed by atoms with van der Waals surface area (Å²) in [5.41, 5.74) is 6.88. The van der Waals surface area contributed by atoms with Crippen molar-refractivity contribution in [1.82, 2.24) is 0 Å². The summed E-state index contributed by atoms with van der Waals surface area (Å²) in [6, 6.07) is 6.56. The number of nitrogens with two attached hydrogens (primary N) is 1. The first kappa shape index (κ1) is 13.0. The van der Waals surface area contributed by atoms with Gasteiger partial charge in [0.05, 0.1) is 0 Å². The molecule has 1 aromatic rings. The van der Waals surface area contributed by atoms with Gasteiger partial charge in [0.15, 0.2) is 0 Å². The molecule has 0 spiro atoms. The second-order valence-corrected chi connectivity index (χ2v) is 5.02. The fourth-order valence-corrected chi connectivity index (χ4v) is 1.40. The number of benzene rings is 1. The summed E-state index contributed by atoms with van der Waals surface area (Å²) in [5, 5.41) is 0. The van der Waals surface area contributed by atoms with E-state index in [1.807, 2.05) is 7.05 Å². The molecule has 0 saturated carbocycles. The molecule has 0 aliphatic carbocycles. The topological polar surface area (TPSA) is 29.3 Å². The Bertz CT molecular complexity index is 319. The quantitative estimate of drug-likeness (QED) is 0.833. The van der Waals surface area contributed by atoms with Crippen molar-refractivity contribution in [1.29, 1.82) is 0 Å². The number of rotatable bonds is 5. The van der Waals surface area contributed by atoms with E-state index in [9.17, 15) is 4.39 Å². The van der Waals surface area contributed by atoms with Gasteiger partial charge in [0, 0.05) is 19.3 Å². The SMILES string of the molecule is CN(CCC(C)(C)CN)c1ccc(F)cc1. The molecule has 1 aromatic carbocycles. The van der Waals surface area contributed by atoms with Gasteiger partial charge in [-0.25, -0.2) is 4.39 Å². The van der Waals surface area contributed by atoms with Crippen LogP contribution in [0.4, 0.5) is 10.1 Å². The largest absolute Gasteiger partial charge is 0.375 e. The van der Waals surface area contributed by atoms with Crippen LogP contribution in [0.2, 0.25) is 0 Å². The van der Waals surface area contributed by atoms with Crippen LogP contribution in [0.5, 0.6) is 0 Å². The van der Waals surface area contributed by atoms with Crippen LogP contribution in [-0.2, 0) is 0 Å². The molecule has 0 aliphatic heterocycles. The zero-order valence-corrected chi connectivity index (χ0v) is 10.3. The number of halogens is 1. The Morgan fingerprint density at radius 1 is 1.25 bits per heavy atom. The monoisotopic (exact) mass is 224 g/mol. The molecule has 0 fully saturated rings. The Balaban J connectivity index is 2.53. The van der Waals surface area contributed by atoms with Crippen LogP contribution in [0.15, 0.2) is 24.3 Å². The molecule has 0 radical (unpaired) electrons. The highest BCUT2D eigenvalue weighted by Crippen LogP contribution is 2.20. The van der Waals surface area contributed by atoms with E-state index in [1.54, 1.807) is 12.1 Å². The molecule has 2 N–H and O–H groups in total. The normalized spacial score (nSPS) is 11.6. The average Bonchev–Trinajstić information content (AvgIpc) is 2.27. The van der Waals surface area contributed by atoms with Crippen LogP contribution in [0.3, 0.4) is 0 Å². The summed E-state index contributed by atoms with van der Waals surface area (Å²) in [6.07, 6.45) is 1.03. The highest BCUT2D eigenvalue weighted by molar-refractivity contribution is 5.45. The molecular weight excluding hydrogens is 203 g/mol.